The van der Waals surface area contributed by atoms with Crippen LogP contribution in [0.3, 0.4) is 0 Å². The Balaban J connectivity index is -0.00000000161. The maximum atomic E-state index is 5.02. The summed E-state index contributed by atoms with van der Waals surface area (Å²) in [5, 5.41) is 0. The topological polar surface area (TPSA) is 220 Å². The molecule has 0 aromatic rings. The van der Waals surface area contributed by atoms with Gasteiger partial charge in [0.05, 0.1) is 0 Å². The zero-order valence-electron chi connectivity index (χ0n) is 5.54. The molecule has 14 N–H and O–H groups in total. The quantitative estimate of drug-likeness (QED) is 0.384. The molecular formula is H15CeCl4O7. The van der Waals surface area contributed by atoms with E-state index in [1.165, 1.54) is 0 Å². The zero-order chi connectivity index (χ0) is 3.58. The van der Waals surface area contributed by atoms with E-state index in [4.69, 9.17) is 16.9 Å². The summed E-state index contributed by atoms with van der Waals surface area (Å²) < 4.78 is 0. The molecule has 12 heteroatoms. The first-order chi connectivity index (χ1) is 1.73. The predicted molar refractivity (Wildman–Crippen MR) is 50.1 cm³/mol. The molecule has 0 fully saturated rings. The van der Waals surface area contributed by atoms with E-state index in [-0.39, 0.29) is 50.7 Å². The monoisotopic (exact) mass is 407 g/mol. The van der Waals surface area contributed by atoms with Gasteiger partial charge in [-0.05, 0) is 0 Å². The Morgan fingerprint density at radius 3 is 0.500 bits per heavy atom. The average Bonchev–Trinajstić information content (AvgIpc) is 0.811. The molecule has 0 atom stereocenters. The van der Waals surface area contributed by atoms with Gasteiger partial charge in [-0.3, -0.25) is 0 Å². The van der Waals surface area contributed by atoms with Gasteiger partial charge in [0.25, 0.3) is 0 Å². The Morgan fingerprint density at radius 2 is 0.500 bits per heavy atom. The fourth-order valence-corrected chi connectivity index (χ4v) is 0. The van der Waals surface area contributed by atoms with Gasteiger partial charge in [-0.1, -0.05) is 0 Å². The molecule has 0 saturated heterocycles. The number of hydrogen-bond donors (Lipinski definition) is 0. The maximum absolute atomic E-state index is 5.02. The summed E-state index contributed by atoms with van der Waals surface area (Å²) in [4.78, 5) is 0. The normalized spacial score (nSPS) is 2.25. The molecule has 0 aromatic carbocycles. The van der Waals surface area contributed by atoms with Crippen molar-refractivity contribution in [1.82, 2.24) is 0 Å². The van der Waals surface area contributed by atoms with Crippen molar-refractivity contribution in [3.05, 3.63) is 0 Å². The molecule has 0 bridgehead atoms. The minimum atomic E-state index is -2.24. The second kappa shape index (κ2) is 72.1. The van der Waals surface area contributed by atoms with Gasteiger partial charge >= 0.3 is 47.6 Å². The van der Waals surface area contributed by atoms with Gasteiger partial charge in [-0.25, -0.2) is 0 Å². The van der Waals surface area contributed by atoms with Crippen LogP contribution in [0.1, 0.15) is 0 Å². The molecule has 0 aliphatic carbocycles. The zero-order valence-corrected chi connectivity index (χ0v) is 11.8. The van der Waals surface area contributed by atoms with E-state index in [1.807, 2.05) is 0 Å². The summed E-state index contributed by atoms with van der Waals surface area (Å²) in [7, 11) is 0. The minimum absolute atomic E-state index is 0. The SMILES string of the molecule is Cl.O.O.O.O.O.O.O.[Cl][Ce]([Cl])[Cl]. The Morgan fingerprint density at radius 1 is 0.500 bits per heavy atom. The van der Waals surface area contributed by atoms with Crippen LogP contribution < -0.4 is 0 Å². The Bertz CT molecular complexity index is 20.1. The van der Waals surface area contributed by atoms with Crippen molar-refractivity contribution in [2.75, 3.05) is 0 Å². The molecular weight excluding hydrogens is 394 g/mol. The third-order valence-corrected chi connectivity index (χ3v) is 0. The van der Waals surface area contributed by atoms with Crippen molar-refractivity contribution in [2.45, 2.75) is 0 Å². The van der Waals surface area contributed by atoms with E-state index in [0.29, 0.717) is 0 Å². The fourth-order valence-electron chi connectivity index (χ4n) is 0. The molecule has 0 aromatic heterocycles. The molecule has 7 nitrogen and oxygen atoms in total. The fraction of sp³-hybridized carbons (Fsp3) is 0. The summed E-state index contributed by atoms with van der Waals surface area (Å²) in [6.07, 6.45) is 0. The van der Waals surface area contributed by atoms with E-state index in [9.17, 15) is 0 Å². The molecule has 0 aliphatic heterocycles. The molecule has 0 radical (unpaired) electrons. The molecule has 0 amide bonds. The van der Waals surface area contributed by atoms with Crippen LogP contribution in [0.15, 0.2) is 0 Å². The molecule has 0 saturated carbocycles. The van der Waals surface area contributed by atoms with Gasteiger partial charge in [-0.2, -0.15) is 0 Å². The van der Waals surface area contributed by atoms with Crippen molar-refractivity contribution >= 4 is 29.3 Å². The van der Waals surface area contributed by atoms with E-state index in [2.05, 4.69) is 0 Å². The van der Waals surface area contributed by atoms with Gasteiger partial charge in [0, 0.05) is 0 Å². The first-order valence-corrected chi connectivity index (χ1v) is 12.4. The Hall–Kier alpha value is 2.26. The van der Waals surface area contributed by atoms with Crippen molar-refractivity contribution in [3.63, 3.8) is 0 Å². The molecule has 89 valence electrons. The number of rotatable bonds is 0. The van der Waals surface area contributed by atoms with Gasteiger partial charge in [0.1, 0.15) is 0 Å². The predicted octanol–water partition coefficient (Wildman–Crippen LogP) is -3.28. The van der Waals surface area contributed by atoms with Crippen LogP contribution in [-0.4, -0.2) is 38.3 Å². The van der Waals surface area contributed by atoms with Crippen LogP contribution in [0.5, 0.6) is 0 Å². The Kier molecular flexibility index (Phi) is 545. The van der Waals surface area contributed by atoms with Crippen molar-refractivity contribution in [2.24, 2.45) is 0 Å². The number of halogens is 4. The summed E-state index contributed by atoms with van der Waals surface area (Å²) in [5.74, 6) is 0. The van der Waals surface area contributed by atoms with Crippen molar-refractivity contribution < 1.29 is 69.0 Å². The van der Waals surface area contributed by atoms with Crippen LogP contribution in [0.4, 0.5) is 0 Å². The van der Waals surface area contributed by atoms with E-state index < -0.39 is 30.7 Å². The van der Waals surface area contributed by atoms with Gasteiger partial charge in [-0.15, -0.1) is 12.4 Å². The van der Waals surface area contributed by atoms with Crippen molar-refractivity contribution in [3.8, 4) is 0 Å². The van der Waals surface area contributed by atoms with Crippen molar-refractivity contribution in [1.29, 1.82) is 0 Å². The molecule has 0 heterocycles. The number of hydrogen-bond acceptors (Lipinski definition) is 0. The van der Waals surface area contributed by atoms with Crippen LogP contribution in [0.2, 0.25) is 0 Å². The summed E-state index contributed by atoms with van der Waals surface area (Å²) >= 11 is -2.24. The summed E-state index contributed by atoms with van der Waals surface area (Å²) in [6, 6.07) is 0. The molecule has 0 rings (SSSR count). The van der Waals surface area contributed by atoms with E-state index in [1.54, 1.807) is 0 Å². The van der Waals surface area contributed by atoms with Crippen LogP contribution >= 0.6 is 29.3 Å². The van der Waals surface area contributed by atoms with E-state index >= 15 is 0 Å². The van der Waals surface area contributed by atoms with Crippen LogP contribution in [0.25, 0.3) is 0 Å². The van der Waals surface area contributed by atoms with Gasteiger partial charge in [0.2, 0.25) is 0 Å². The first-order valence-electron chi connectivity index (χ1n) is 0.567. The third kappa shape index (κ3) is 305. The summed E-state index contributed by atoms with van der Waals surface area (Å²) in [6.45, 7) is 0. The Labute approximate surface area is 96.8 Å². The van der Waals surface area contributed by atoms with Gasteiger partial charge in [0.15, 0.2) is 0 Å². The molecule has 12 heavy (non-hydrogen) atoms. The first kappa shape index (κ1) is 90.7. The molecule has 0 unspecified atom stereocenters. The summed E-state index contributed by atoms with van der Waals surface area (Å²) in [5.41, 5.74) is 15.1. The second-order valence-electron chi connectivity index (χ2n) is 0.214. The average molecular weight is 409 g/mol. The molecule has 0 spiro atoms. The molecule has 0 aliphatic rings. The third-order valence-electron chi connectivity index (χ3n) is 0. The standard InChI is InChI=1S/Ce.4ClH.7H2O/h;4*1H;7*1H2/q+3;;;;;;;;;;;/p-3. The van der Waals surface area contributed by atoms with E-state index in [0.717, 1.165) is 0 Å². The van der Waals surface area contributed by atoms with Crippen LogP contribution in [-0.2, 0) is 0 Å². The van der Waals surface area contributed by atoms with Gasteiger partial charge < -0.3 is 38.3 Å². The van der Waals surface area contributed by atoms with Crippen LogP contribution in [0, 0.1) is 30.7 Å². The second-order valence-corrected chi connectivity index (χ2v) is 14.0.